The number of carbonyl (C=O) groups excluding carboxylic acids is 1. The zero-order valence-electron chi connectivity index (χ0n) is 12.7. The van der Waals surface area contributed by atoms with Crippen LogP contribution in [-0.2, 0) is 4.74 Å². The maximum atomic E-state index is 12.4. The summed E-state index contributed by atoms with van der Waals surface area (Å²) in [6.07, 6.45) is 3.14. The largest absolute Gasteiger partial charge is 0.388 e. The van der Waals surface area contributed by atoms with Gasteiger partial charge >= 0.3 is 0 Å². The average Bonchev–Trinajstić information content (AvgIpc) is 3.30. The number of hydrogen-bond acceptors (Lipinski definition) is 4. The van der Waals surface area contributed by atoms with Crippen molar-refractivity contribution in [2.24, 2.45) is 0 Å². The van der Waals surface area contributed by atoms with E-state index in [0.717, 1.165) is 6.42 Å². The molecule has 2 N–H and O–H groups in total. The molecule has 3 atom stereocenters. The minimum Gasteiger partial charge on any atom is -0.388 e. The monoisotopic (exact) mass is 313 g/mol. The number of rotatable bonds is 2. The first-order chi connectivity index (χ1) is 11.2. The Morgan fingerprint density at radius 3 is 2.96 bits per heavy atom. The molecule has 0 bridgehead atoms. The van der Waals surface area contributed by atoms with Gasteiger partial charge in [-0.1, -0.05) is 30.3 Å². The first-order valence-corrected chi connectivity index (χ1v) is 7.83. The molecule has 6 heteroatoms. The van der Waals surface area contributed by atoms with Crippen LogP contribution in [0.15, 0.2) is 42.7 Å². The molecule has 120 valence electrons. The standard InChI is InChI=1S/C17H19N3O3/c21-15-9-20(16(22)14-7-18-19-8-14)11-17(15)6-13(10-23-17)12-4-2-1-3-5-12/h1-5,7-8,13,15,21H,6,9-11H2,(H,18,19)/t13-,15+,17+/m0/s1. The second-order valence-corrected chi connectivity index (χ2v) is 6.38. The van der Waals surface area contributed by atoms with Crippen LogP contribution in [0.1, 0.15) is 28.3 Å². The summed E-state index contributed by atoms with van der Waals surface area (Å²) in [4.78, 5) is 14.1. The molecule has 1 aromatic heterocycles. The van der Waals surface area contributed by atoms with Crippen LogP contribution in [0, 0.1) is 0 Å². The fraction of sp³-hybridized carbons (Fsp3) is 0.412. The summed E-state index contributed by atoms with van der Waals surface area (Å²) in [7, 11) is 0. The molecule has 2 saturated heterocycles. The third-order valence-electron chi connectivity index (χ3n) is 4.93. The smallest absolute Gasteiger partial charge is 0.257 e. The second kappa shape index (κ2) is 5.47. The molecule has 2 aromatic rings. The van der Waals surface area contributed by atoms with Gasteiger partial charge in [0.25, 0.3) is 5.91 Å². The molecule has 2 fully saturated rings. The highest BCUT2D eigenvalue weighted by Crippen LogP contribution is 2.42. The Labute approximate surface area is 134 Å². The number of H-pyrrole nitrogens is 1. The third kappa shape index (κ3) is 2.44. The van der Waals surface area contributed by atoms with Crippen molar-refractivity contribution < 1.29 is 14.6 Å². The van der Waals surface area contributed by atoms with Gasteiger partial charge in [-0.25, -0.2) is 0 Å². The number of likely N-dealkylation sites (tertiary alicyclic amines) is 1. The van der Waals surface area contributed by atoms with Gasteiger partial charge < -0.3 is 14.7 Å². The Kier molecular flexibility index (Phi) is 3.43. The van der Waals surface area contributed by atoms with Gasteiger partial charge in [-0.05, 0) is 12.0 Å². The summed E-state index contributed by atoms with van der Waals surface area (Å²) in [5, 5.41) is 17.0. The minimum absolute atomic E-state index is 0.124. The fourth-order valence-electron chi connectivity index (χ4n) is 3.66. The van der Waals surface area contributed by atoms with E-state index in [4.69, 9.17) is 4.74 Å². The average molecular weight is 313 g/mol. The van der Waals surface area contributed by atoms with Crippen molar-refractivity contribution in [1.82, 2.24) is 15.1 Å². The lowest BCUT2D eigenvalue weighted by atomic mass is 9.87. The lowest BCUT2D eigenvalue weighted by Gasteiger charge is -2.25. The van der Waals surface area contributed by atoms with Crippen molar-refractivity contribution in [3.05, 3.63) is 53.9 Å². The van der Waals surface area contributed by atoms with Crippen LogP contribution in [0.4, 0.5) is 0 Å². The van der Waals surface area contributed by atoms with E-state index in [1.807, 2.05) is 18.2 Å². The molecule has 1 amide bonds. The Bertz CT molecular complexity index is 688. The highest BCUT2D eigenvalue weighted by molar-refractivity contribution is 5.94. The minimum atomic E-state index is -0.660. The Morgan fingerprint density at radius 2 is 2.22 bits per heavy atom. The summed E-state index contributed by atoms with van der Waals surface area (Å²) in [5.74, 6) is 0.135. The normalized spacial score (nSPS) is 30.2. The van der Waals surface area contributed by atoms with E-state index in [2.05, 4.69) is 22.3 Å². The van der Waals surface area contributed by atoms with Crippen molar-refractivity contribution in [2.45, 2.75) is 24.0 Å². The molecule has 0 radical (unpaired) electrons. The number of β-amino-alcohol motifs (C(OH)–C–C–N with tert-alkyl or cyclic N) is 1. The Balaban J connectivity index is 1.51. The predicted octanol–water partition coefficient (Wildman–Crippen LogP) is 1.17. The first-order valence-electron chi connectivity index (χ1n) is 7.83. The number of aliphatic hydroxyl groups excluding tert-OH is 1. The van der Waals surface area contributed by atoms with Gasteiger partial charge in [0, 0.05) is 18.7 Å². The molecule has 4 rings (SSSR count). The van der Waals surface area contributed by atoms with Crippen molar-refractivity contribution in [1.29, 1.82) is 0 Å². The van der Waals surface area contributed by atoms with Gasteiger partial charge in [-0.15, -0.1) is 0 Å². The number of ether oxygens (including phenoxy) is 1. The second-order valence-electron chi connectivity index (χ2n) is 6.38. The zero-order chi connectivity index (χ0) is 15.9. The fourth-order valence-corrected chi connectivity index (χ4v) is 3.66. The summed E-state index contributed by atoms with van der Waals surface area (Å²) in [5.41, 5.74) is 1.07. The van der Waals surface area contributed by atoms with Crippen LogP contribution >= 0.6 is 0 Å². The number of amides is 1. The molecular weight excluding hydrogens is 294 g/mol. The van der Waals surface area contributed by atoms with Crippen molar-refractivity contribution in [3.8, 4) is 0 Å². The molecule has 23 heavy (non-hydrogen) atoms. The van der Waals surface area contributed by atoms with Gasteiger partial charge in [0.05, 0.1) is 24.9 Å². The number of benzene rings is 1. The van der Waals surface area contributed by atoms with Crippen LogP contribution < -0.4 is 0 Å². The number of aromatic nitrogens is 2. The maximum Gasteiger partial charge on any atom is 0.257 e. The molecule has 1 spiro atoms. The maximum absolute atomic E-state index is 12.4. The number of nitrogens with one attached hydrogen (secondary N) is 1. The number of aromatic amines is 1. The summed E-state index contributed by atoms with van der Waals surface area (Å²) in [6.45, 7) is 1.29. The van der Waals surface area contributed by atoms with Gasteiger partial charge in [0.2, 0.25) is 0 Å². The van der Waals surface area contributed by atoms with Gasteiger partial charge in [-0.2, -0.15) is 5.10 Å². The summed E-state index contributed by atoms with van der Waals surface area (Å²) < 4.78 is 6.01. The van der Waals surface area contributed by atoms with E-state index in [9.17, 15) is 9.90 Å². The third-order valence-corrected chi connectivity index (χ3v) is 4.93. The first kappa shape index (κ1) is 14.4. The highest BCUT2D eigenvalue weighted by Gasteiger charge is 2.53. The van der Waals surface area contributed by atoms with E-state index in [0.29, 0.717) is 25.3 Å². The van der Waals surface area contributed by atoms with Crippen LogP contribution in [0.2, 0.25) is 0 Å². The Morgan fingerprint density at radius 1 is 1.39 bits per heavy atom. The van der Waals surface area contributed by atoms with E-state index < -0.39 is 11.7 Å². The SMILES string of the molecule is O=C(c1cn[nH]c1)N1C[C@@H](O)[C@@]2(C[C@H](c3ccccc3)CO2)C1. The van der Waals surface area contributed by atoms with Gasteiger partial charge in [0.15, 0.2) is 0 Å². The van der Waals surface area contributed by atoms with Crippen molar-refractivity contribution in [2.75, 3.05) is 19.7 Å². The number of nitrogens with zero attached hydrogens (tertiary/aromatic N) is 2. The molecular formula is C17H19N3O3. The molecule has 6 nitrogen and oxygen atoms in total. The van der Waals surface area contributed by atoms with Crippen molar-refractivity contribution in [3.63, 3.8) is 0 Å². The lowest BCUT2D eigenvalue weighted by Crippen LogP contribution is -2.41. The summed E-state index contributed by atoms with van der Waals surface area (Å²) in [6, 6.07) is 10.2. The van der Waals surface area contributed by atoms with Crippen molar-refractivity contribution >= 4 is 5.91 Å². The predicted molar refractivity (Wildman–Crippen MR) is 83.0 cm³/mol. The molecule has 0 aliphatic carbocycles. The summed E-state index contributed by atoms with van der Waals surface area (Å²) >= 11 is 0. The highest BCUT2D eigenvalue weighted by atomic mass is 16.5. The van der Waals surface area contributed by atoms with E-state index in [1.165, 1.54) is 11.8 Å². The van der Waals surface area contributed by atoms with Gasteiger partial charge in [0.1, 0.15) is 11.7 Å². The number of aliphatic hydroxyl groups is 1. The van der Waals surface area contributed by atoms with E-state index in [-0.39, 0.29) is 11.8 Å². The quantitative estimate of drug-likeness (QED) is 0.872. The van der Waals surface area contributed by atoms with E-state index in [1.54, 1.807) is 11.1 Å². The Hall–Kier alpha value is -2.18. The molecule has 2 aliphatic rings. The lowest BCUT2D eigenvalue weighted by molar-refractivity contribution is -0.0591. The van der Waals surface area contributed by atoms with Crippen LogP contribution in [0.3, 0.4) is 0 Å². The molecule has 0 unspecified atom stereocenters. The topological polar surface area (TPSA) is 78.5 Å². The molecule has 3 heterocycles. The van der Waals surface area contributed by atoms with Crippen LogP contribution in [0.5, 0.6) is 0 Å². The van der Waals surface area contributed by atoms with E-state index >= 15 is 0 Å². The number of hydrogen-bond donors (Lipinski definition) is 2. The molecule has 1 aromatic carbocycles. The van der Waals surface area contributed by atoms with Crippen LogP contribution in [0.25, 0.3) is 0 Å². The van der Waals surface area contributed by atoms with Crippen LogP contribution in [-0.4, -0.2) is 57.5 Å². The molecule has 0 saturated carbocycles. The number of carbonyl (C=O) groups is 1. The zero-order valence-corrected chi connectivity index (χ0v) is 12.7. The molecule has 2 aliphatic heterocycles. The van der Waals surface area contributed by atoms with Gasteiger partial charge in [-0.3, -0.25) is 9.89 Å².